The Balaban J connectivity index is 2.49. The highest BCUT2D eigenvalue weighted by molar-refractivity contribution is 5.58. The van der Waals surface area contributed by atoms with Gasteiger partial charge in [0, 0.05) is 5.56 Å². The highest BCUT2D eigenvalue weighted by Gasteiger charge is 2.02. The highest BCUT2D eigenvalue weighted by atomic mass is 16.3. The van der Waals surface area contributed by atoms with Crippen molar-refractivity contribution < 1.29 is 4.42 Å². The summed E-state index contributed by atoms with van der Waals surface area (Å²) in [5, 5.41) is 0. The van der Waals surface area contributed by atoms with Gasteiger partial charge < -0.3 is 4.42 Å². The van der Waals surface area contributed by atoms with Crippen molar-refractivity contribution in [1.82, 2.24) is 4.98 Å². The molecule has 0 fully saturated rings. The molecule has 1 heterocycles. The van der Waals surface area contributed by atoms with Crippen LogP contribution in [0, 0.1) is 20.2 Å². The van der Waals surface area contributed by atoms with Gasteiger partial charge in [0.25, 0.3) is 6.39 Å². The second-order valence-corrected chi connectivity index (χ2v) is 3.11. The third kappa shape index (κ3) is 1.47. The van der Waals surface area contributed by atoms with Crippen LogP contribution in [0.1, 0.15) is 11.1 Å². The molecular weight excluding hydrogens is 162 g/mol. The largest absolute Gasteiger partial charge is 0.432 e. The van der Waals surface area contributed by atoms with Crippen LogP contribution in [0.2, 0.25) is 0 Å². The van der Waals surface area contributed by atoms with E-state index in [1.807, 2.05) is 6.07 Å². The van der Waals surface area contributed by atoms with Crippen LogP contribution in [0.4, 0.5) is 0 Å². The van der Waals surface area contributed by atoms with Crippen LogP contribution in [0.3, 0.4) is 0 Å². The molecule has 0 aliphatic carbocycles. The fourth-order valence-electron chi connectivity index (χ4n) is 1.22. The van der Waals surface area contributed by atoms with E-state index in [1.165, 1.54) is 11.1 Å². The minimum Gasteiger partial charge on any atom is -0.432 e. The van der Waals surface area contributed by atoms with Gasteiger partial charge >= 0.3 is 0 Å². The minimum absolute atomic E-state index is 0.767. The Hall–Kier alpha value is -1.57. The summed E-state index contributed by atoms with van der Waals surface area (Å²) < 4.78 is 5.08. The maximum atomic E-state index is 5.08. The molecule has 0 saturated heterocycles. The van der Waals surface area contributed by atoms with Crippen LogP contribution in [0.25, 0.3) is 11.3 Å². The predicted molar refractivity (Wildman–Crippen MR) is 50.2 cm³/mol. The lowest BCUT2D eigenvalue weighted by Crippen LogP contribution is -1.81. The standard InChI is InChI=1S/C11H10NO/c1-8-3-4-10(5-9(8)2)11-6-12-7-13-11/h3-6H,1-2H3. The number of hydrogen-bond acceptors (Lipinski definition) is 2. The summed E-state index contributed by atoms with van der Waals surface area (Å²) in [5.41, 5.74) is 3.60. The Morgan fingerprint density at radius 3 is 2.69 bits per heavy atom. The average Bonchev–Trinajstić information content (AvgIpc) is 2.62. The molecule has 2 nitrogen and oxygen atoms in total. The summed E-state index contributed by atoms with van der Waals surface area (Å²) in [5.74, 6) is 0.767. The zero-order valence-electron chi connectivity index (χ0n) is 7.66. The molecule has 0 N–H and O–H groups in total. The smallest absolute Gasteiger partial charge is 0.284 e. The van der Waals surface area contributed by atoms with Crippen molar-refractivity contribution in [3.05, 3.63) is 41.9 Å². The zero-order chi connectivity index (χ0) is 9.26. The third-order valence-corrected chi connectivity index (χ3v) is 2.18. The van der Waals surface area contributed by atoms with Crippen LogP contribution in [0.15, 0.2) is 28.8 Å². The quantitative estimate of drug-likeness (QED) is 0.661. The van der Waals surface area contributed by atoms with E-state index < -0.39 is 0 Å². The van der Waals surface area contributed by atoms with Crippen LogP contribution in [-0.2, 0) is 0 Å². The van der Waals surface area contributed by atoms with Gasteiger partial charge in [0.1, 0.15) is 0 Å². The van der Waals surface area contributed by atoms with E-state index >= 15 is 0 Å². The van der Waals surface area contributed by atoms with Crippen molar-refractivity contribution >= 4 is 0 Å². The number of nitrogens with zero attached hydrogens (tertiary/aromatic N) is 1. The van der Waals surface area contributed by atoms with Gasteiger partial charge in [0.15, 0.2) is 5.76 Å². The summed E-state index contributed by atoms with van der Waals surface area (Å²) >= 11 is 0. The molecule has 1 aromatic carbocycles. The molecular formula is C11H10NO. The monoisotopic (exact) mass is 172 g/mol. The van der Waals surface area contributed by atoms with E-state index in [0.717, 1.165) is 11.3 Å². The van der Waals surface area contributed by atoms with Gasteiger partial charge in [-0.25, -0.2) is 4.98 Å². The summed E-state index contributed by atoms with van der Waals surface area (Å²) in [7, 11) is 0. The molecule has 0 atom stereocenters. The average molecular weight is 172 g/mol. The lowest BCUT2D eigenvalue weighted by atomic mass is 10.1. The van der Waals surface area contributed by atoms with E-state index in [1.54, 1.807) is 6.20 Å². The van der Waals surface area contributed by atoms with E-state index in [2.05, 4.69) is 37.4 Å². The number of aryl methyl sites for hydroxylation is 2. The van der Waals surface area contributed by atoms with Gasteiger partial charge in [-0.15, -0.1) is 0 Å². The molecule has 0 aliphatic rings. The normalized spacial score (nSPS) is 10.3. The number of oxazole rings is 1. The van der Waals surface area contributed by atoms with Crippen molar-refractivity contribution in [3.8, 4) is 11.3 Å². The summed E-state index contributed by atoms with van der Waals surface area (Å²) in [6.45, 7) is 4.17. The van der Waals surface area contributed by atoms with Crippen LogP contribution >= 0.6 is 0 Å². The molecule has 0 spiro atoms. The maximum Gasteiger partial charge on any atom is 0.284 e. The van der Waals surface area contributed by atoms with Crippen LogP contribution in [-0.4, -0.2) is 4.98 Å². The molecule has 0 saturated carbocycles. The van der Waals surface area contributed by atoms with Crippen LogP contribution in [0.5, 0.6) is 0 Å². The molecule has 0 amide bonds. The Bertz CT molecular complexity index is 404. The maximum absolute atomic E-state index is 5.08. The number of aromatic nitrogens is 1. The fourth-order valence-corrected chi connectivity index (χ4v) is 1.22. The molecule has 2 aromatic rings. The molecule has 1 radical (unpaired) electrons. The van der Waals surface area contributed by atoms with Gasteiger partial charge in [-0.2, -0.15) is 0 Å². The topological polar surface area (TPSA) is 26.0 Å². The molecule has 2 heteroatoms. The van der Waals surface area contributed by atoms with Gasteiger partial charge in [-0.3, -0.25) is 0 Å². The predicted octanol–water partition coefficient (Wildman–Crippen LogP) is 2.76. The molecule has 0 aliphatic heterocycles. The van der Waals surface area contributed by atoms with Gasteiger partial charge in [-0.05, 0) is 31.0 Å². The summed E-state index contributed by atoms with van der Waals surface area (Å²) in [6, 6.07) is 6.19. The Morgan fingerprint density at radius 2 is 2.08 bits per heavy atom. The number of rotatable bonds is 1. The molecule has 1 aromatic heterocycles. The van der Waals surface area contributed by atoms with Gasteiger partial charge in [0.05, 0.1) is 6.20 Å². The first kappa shape index (κ1) is 8.05. The van der Waals surface area contributed by atoms with E-state index in [4.69, 9.17) is 4.42 Å². The Morgan fingerprint density at radius 1 is 1.23 bits per heavy atom. The van der Waals surface area contributed by atoms with Crippen molar-refractivity contribution in [2.24, 2.45) is 0 Å². The second-order valence-electron chi connectivity index (χ2n) is 3.11. The molecule has 13 heavy (non-hydrogen) atoms. The first-order valence-corrected chi connectivity index (χ1v) is 4.17. The molecule has 0 unspecified atom stereocenters. The van der Waals surface area contributed by atoms with Gasteiger partial charge in [0.2, 0.25) is 0 Å². The first-order chi connectivity index (χ1) is 6.27. The summed E-state index contributed by atoms with van der Waals surface area (Å²) in [4.78, 5) is 3.76. The lowest BCUT2D eigenvalue weighted by Gasteiger charge is -2.01. The van der Waals surface area contributed by atoms with Crippen molar-refractivity contribution in [3.63, 3.8) is 0 Å². The molecule has 0 bridgehead atoms. The van der Waals surface area contributed by atoms with Crippen LogP contribution < -0.4 is 0 Å². The molecule has 65 valence electrons. The van der Waals surface area contributed by atoms with E-state index in [0.29, 0.717) is 0 Å². The minimum atomic E-state index is 0.767. The van der Waals surface area contributed by atoms with Crippen molar-refractivity contribution in [2.75, 3.05) is 0 Å². The van der Waals surface area contributed by atoms with Gasteiger partial charge in [-0.1, -0.05) is 12.1 Å². The van der Waals surface area contributed by atoms with E-state index in [9.17, 15) is 0 Å². The second kappa shape index (κ2) is 3.05. The van der Waals surface area contributed by atoms with E-state index in [-0.39, 0.29) is 0 Å². The number of benzene rings is 1. The SMILES string of the molecule is Cc1ccc(-c2cn[c]o2)cc1C. The lowest BCUT2D eigenvalue weighted by molar-refractivity contribution is 0.561. The fraction of sp³-hybridized carbons (Fsp3) is 0.182. The Labute approximate surface area is 77.2 Å². The molecule has 2 rings (SSSR count). The highest BCUT2D eigenvalue weighted by Crippen LogP contribution is 2.20. The first-order valence-electron chi connectivity index (χ1n) is 4.17. The third-order valence-electron chi connectivity index (χ3n) is 2.18. The van der Waals surface area contributed by atoms with Crippen molar-refractivity contribution in [1.29, 1.82) is 0 Å². The Kier molecular flexibility index (Phi) is 1.89. The zero-order valence-corrected chi connectivity index (χ0v) is 7.66. The van der Waals surface area contributed by atoms with Crippen molar-refractivity contribution in [2.45, 2.75) is 13.8 Å². The summed E-state index contributed by atoms with van der Waals surface area (Å²) in [6.07, 6.45) is 4.11. The number of hydrogen-bond donors (Lipinski definition) is 0.